The molecule has 1 fully saturated rings. The second kappa shape index (κ2) is 12.2. The topological polar surface area (TPSA) is 56.8 Å². The molecule has 0 radical (unpaired) electrons. The minimum atomic E-state index is -0.686. The van der Waals surface area contributed by atoms with Crippen molar-refractivity contribution >= 4 is 23.0 Å². The summed E-state index contributed by atoms with van der Waals surface area (Å²) in [6.45, 7) is 2.51. The zero-order valence-electron chi connectivity index (χ0n) is 25.6. The molecule has 3 aromatic carbocycles. The lowest BCUT2D eigenvalue weighted by atomic mass is 9.86. The van der Waals surface area contributed by atoms with E-state index in [1.807, 2.05) is 12.1 Å². The Bertz CT molecular complexity index is 1710. The number of aromatic nitrogens is 2. The van der Waals surface area contributed by atoms with Gasteiger partial charge in [0, 0.05) is 30.4 Å². The smallest absolute Gasteiger partial charge is 0.227 e. The summed E-state index contributed by atoms with van der Waals surface area (Å²) in [5.41, 5.74) is 4.33. The summed E-state index contributed by atoms with van der Waals surface area (Å²) >= 11 is 0. The van der Waals surface area contributed by atoms with Crippen LogP contribution < -0.4 is 19.9 Å². The van der Waals surface area contributed by atoms with E-state index in [1.54, 1.807) is 18.2 Å². The molecule has 3 aliphatic rings. The third-order valence-corrected chi connectivity index (χ3v) is 9.38. The van der Waals surface area contributed by atoms with E-state index in [0.29, 0.717) is 36.3 Å². The van der Waals surface area contributed by atoms with E-state index in [2.05, 4.69) is 56.2 Å². The summed E-state index contributed by atoms with van der Waals surface area (Å²) in [6, 6.07) is 16.8. The molecule has 7 nitrogen and oxygen atoms in total. The molecule has 1 atom stereocenters. The summed E-state index contributed by atoms with van der Waals surface area (Å²) in [5, 5.41) is 3.00. The van der Waals surface area contributed by atoms with Gasteiger partial charge in [0.2, 0.25) is 5.95 Å². The summed E-state index contributed by atoms with van der Waals surface area (Å²) in [6.07, 6.45) is 5.97. The number of hydrogen-bond acceptors (Lipinski definition) is 7. The number of fused-ring (bicyclic) bond motifs is 2. The first kappa shape index (κ1) is 29.4. The summed E-state index contributed by atoms with van der Waals surface area (Å²) < 4.78 is 51.8. The van der Waals surface area contributed by atoms with Gasteiger partial charge in [-0.3, -0.25) is 0 Å². The quantitative estimate of drug-likeness (QED) is 0.248. The minimum absolute atomic E-state index is 0.0513. The van der Waals surface area contributed by atoms with E-state index in [1.165, 1.54) is 23.3 Å². The van der Waals surface area contributed by atoms with E-state index in [4.69, 9.17) is 4.74 Å². The van der Waals surface area contributed by atoms with Crippen LogP contribution >= 0.6 is 0 Å². The van der Waals surface area contributed by atoms with Crippen molar-refractivity contribution in [2.45, 2.75) is 44.2 Å². The molecule has 4 aromatic rings. The standard InChI is InChI=1S/C35H37F3N6O/c1-42(2)25-12-14-43(15-13-25)31-11-10-24(20-27(31)36)40-35-39-21-29(38)33(41-35)23-18-28(37)34-32(19-23)44(16-17-45-34)30-9-5-7-22-6-3-4-8-26(22)30/h3-4,6,8,10-11,18-21,25,30H,5,7,9,12-17H2,1-2H3,(H,39,40,41). The fourth-order valence-electron chi connectivity index (χ4n) is 7.04. The number of piperidine rings is 1. The van der Waals surface area contributed by atoms with E-state index in [9.17, 15) is 0 Å². The minimum Gasteiger partial charge on any atom is -0.486 e. The molecule has 0 spiro atoms. The highest BCUT2D eigenvalue weighted by Crippen LogP contribution is 2.45. The fraction of sp³-hybridized carbons (Fsp3) is 0.371. The lowest BCUT2D eigenvalue weighted by Gasteiger charge is -2.40. The van der Waals surface area contributed by atoms with Crippen molar-refractivity contribution in [2.75, 3.05) is 55.5 Å². The van der Waals surface area contributed by atoms with Gasteiger partial charge in [0.1, 0.15) is 18.1 Å². The van der Waals surface area contributed by atoms with Crippen molar-refractivity contribution in [1.29, 1.82) is 0 Å². The zero-order chi connectivity index (χ0) is 31.1. The van der Waals surface area contributed by atoms with Gasteiger partial charge in [-0.05, 0) is 87.7 Å². The molecule has 2 aliphatic heterocycles. The molecule has 7 rings (SSSR count). The number of nitrogens with one attached hydrogen (secondary N) is 1. The lowest BCUT2D eigenvalue weighted by Crippen LogP contribution is -2.42. The van der Waals surface area contributed by atoms with Gasteiger partial charge in [0.25, 0.3) is 0 Å². The van der Waals surface area contributed by atoms with Gasteiger partial charge in [-0.15, -0.1) is 0 Å². The monoisotopic (exact) mass is 614 g/mol. The van der Waals surface area contributed by atoms with E-state index in [0.717, 1.165) is 51.4 Å². The maximum Gasteiger partial charge on any atom is 0.227 e. The maximum atomic E-state index is 15.5. The van der Waals surface area contributed by atoms with Crippen molar-refractivity contribution < 1.29 is 17.9 Å². The Morgan fingerprint density at radius 1 is 0.889 bits per heavy atom. The average Bonchev–Trinajstić information content (AvgIpc) is 3.05. The number of aryl methyl sites for hydroxylation is 1. The van der Waals surface area contributed by atoms with Crippen molar-refractivity contribution in [3.63, 3.8) is 0 Å². The molecule has 1 aliphatic carbocycles. The van der Waals surface area contributed by atoms with Crippen LogP contribution in [0, 0.1) is 17.5 Å². The Balaban J connectivity index is 1.15. The SMILES string of the molecule is CN(C)C1CCN(c2ccc(Nc3ncc(F)c(-c4cc(F)c5c(c4)N(C4CCCc6ccccc64)CCO5)n3)cc2F)CC1. The van der Waals surface area contributed by atoms with Crippen LogP contribution in [0.4, 0.5) is 36.2 Å². The van der Waals surface area contributed by atoms with Gasteiger partial charge in [-0.25, -0.2) is 23.1 Å². The molecule has 1 N–H and O–H groups in total. The molecule has 3 heterocycles. The third-order valence-electron chi connectivity index (χ3n) is 9.38. The molecule has 1 aromatic heterocycles. The Kier molecular flexibility index (Phi) is 7.99. The summed E-state index contributed by atoms with van der Waals surface area (Å²) in [4.78, 5) is 15.0. The van der Waals surface area contributed by atoms with E-state index in [-0.39, 0.29) is 34.8 Å². The van der Waals surface area contributed by atoms with Gasteiger partial charge >= 0.3 is 0 Å². The van der Waals surface area contributed by atoms with Crippen LogP contribution in [-0.2, 0) is 6.42 Å². The highest BCUT2D eigenvalue weighted by molar-refractivity contribution is 5.73. The average molecular weight is 615 g/mol. The second-order valence-electron chi connectivity index (χ2n) is 12.3. The van der Waals surface area contributed by atoms with Crippen LogP contribution in [0.2, 0.25) is 0 Å². The van der Waals surface area contributed by atoms with Crippen molar-refractivity contribution in [3.8, 4) is 17.0 Å². The Morgan fingerprint density at radius 3 is 2.51 bits per heavy atom. The molecule has 0 saturated carbocycles. The number of nitrogens with zero attached hydrogens (tertiary/aromatic N) is 5. The van der Waals surface area contributed by atoms with Gasteiger partial charge < -0.3 is 24.8 Å². The van der Waals surface area contributed by atoms with Gasteiger partial charge in [-0.2, -0.15) is 0 Å². The first-order valence-electron chi connectivity index (χ1n) is 15.7. The van der Waals surface area contributed by atoms with Crippen LogP contribution in [-0.4, -0.2) is 61.2 Å². The number of ether oxygens (including phenoxy) is 1. The molecule has 1 saturated heterocycles. The molecular formula is C35H37F3N6O. The van der Waals surface area contributed by atoms with Crippen molar-refractivity contribution in [3.05, 3.63) is 89.4 Å². The van der Waals surface area contributed by atoms with Crippen LogP contribution in [0.1, 0.15) is 42.9 Å². The van der Waals surface area contributed by atoms with E-state index >= 15 is 13.2 Å². The number of halogens is 3. The van der Waals surface area contributed by atoms with Gasteiger partial charge in [-0.1, -0.05) is 24.3 Å². The molecule has 0 amide bonds. The Hall–Kier alpha value is -4.31. The van der Waals surface area contributed by atoms with Crippen LogP contribution in [0.15, 0.2) is 60.8 Å². The van der Waals surface area contributed by atoms with Gasteiger partial charge in [0.15, 0.2) is 17.4 Å². The molecule has 45 heavy (non-hydrogen) atoms. The molecule has 234 valence electrons. The van der Waals surface area contributed by atoms with Crippen molar-refractivity contribution in [2.24, 2.45) is 0 Å². The highest BCUT2D eigenvalue weighted by atomic mass is 19.1. The first-order valence-corrected chi connectivity index (χ1v) is 15.7. The Morgan fingerprint density at radius 2 is 1.71 bits per heavy atom. The summed E-state index contributed by atoms with van der Waals surface area (Å²) in [7, 11) is 4.15. The first-order chi connectivity index (χ1) is 21.9. The zero-order valence-corrected chi connectivity index (χ0v) is 25.6. The predicted octanol–water partition coefficient (Wildman–Crippen LogP) is 7.11. The number of anilines is 4. The van der Waals surface area contributed by atoms with Crippen LogP contribution in [0.25, 0.3) is 11.3 Å². The summed E-state index contributed by atoms with van der Waals surface area (Å²) in [5.74, 6) is -1.36. The highest BCUT2D eigenvalue weighted by Gasteiger charge is 2.32. The van der Waals surface area contributed by atoms with Crippen LogP contribution in [0.5, 0.6) is 5.75 Å². The second-order valence-corrected chi connectivity index (χ2v) is 12.3. The molecule has 0 bridgehead atoms. The number of hydrogen-bond donors (Lipinski definition) is 1. The molecule has 10 heteroatoms. The largest absolute Gasteiger partial charge is 0.486 e. The predicted molar refractivity (Wildman–Crippen MR) is 171 cm³/mol. The Labute approximate surface area is 261 Å². The third kappa shape index (κ3) is 5.79. The van der Waals surface area contributed by atoms with Gasteiger partial charge in [0.05, 0.1) is 30.2 Å². The molecule has 1 unspecified atom stereocenters. The van der Waals surface area contributed by atoms with Crippen LogP contribution in [0.3, 0.4) is 0 Å². The van der Waals surface area contributed by atoms with Crippen molar-refractivity contribution in [1.82, 2.24) is 14.9 Å². The normalized spacial score (nSPS) is 18.4. The maximum absolute atomic E-state index is 15.5. The number of rotatable bonds is 6. The molecular weight excluding hydrogens is 577 g/mol. The number of benzene rings is 3. The lowest BCUT2D eigenvalue weighted by molar-refractivity contribution is 0.249. The van der Waals surface area contributed by atoms with E-state index < -0.39 is 11.6 Å². The fourth-order valence-corrected chi connectivity index (χ4v) is 7.04.